The summed E-state index contributed by atoms with van der Waals surface area (Å²) in [5.74, 6) is -0.0363. The molecule has 3 heteroatoms. The van der Waals surface area contributed by atoms with Gasteiger partial charge in [-0.15, -0.1) is 0 Å². The summed E-state index contributed by atoms with van der Waals surface area (Å²) in [5, 5.41) is 2.51. The zero-order valence-electron chi connectivity index (χ0n) is 10.2. The van der Waals surface area contributed by atoms with Gasteiger partial charge in [0.1, 0.15) is 0 Å². The first kappa shape index (κ1) is 15.1. The van der Waals surface area contributed by atoms with Gasteiger partial charge in [0.2, 0.25) is 5.91 Å². The second-order valence-electron chi connectivity index (χ2n) is 3.43. The highest BCUT2D eigenvalue weighted by molar-refractivity contribution is 5.90. The molecule has 0 bridgehead atoms. The monoisotopic (exact) mass is 233 g/mol. The Kier molecular flexibility index (Phi) is 8.29. The molecule has 0 radical (unpaired) electrons. The molecule has 0 atom stereocenters. The molecule has 0 fully saturated rings. The van der Waals surface area contributed by atoms with Crippen molar-refractivity contribution in [2.45, 2.75) is 19.3 Å². The highest BCUT2D eigenvalue weighted by Crippen LogP contribution is 2.02. The molecule has 1 amide bonds. The Bertz CT molecular complexity index is 351. The zero-order chi connectivity index (χ0) is 13.1. The van der Waals surface area contributed by atoms with Crippen LogP contribution in [0, 0.1) is 0 Å². The summed E-state index contributed by atoms with van der Waals surface area (Å²) < 4.78 is 0. The molecule has 0 aromatic rings. The molecule has 92 valence electrons. The summed E-state index contributed by atoms with van der Waals surface area (Å²) in [4.78, 5) is 22.3. The maximum Gasteiger partial charge on any atom is 0.219 e. The zero-order valence-corrected chi connectivity index (χ0v) is 10.2. The van der Waals surface area contributed by atoms with Crippen LogP contribution in [0.4, 0.5) is 0 Å². The molecule has 0 aromatic carbocycles. The van der Waals surface area contributed by atoms with Crippen LogP contribution in [0.5, 0.6) is 0 Å². The number of hydrogen-bond acceptors (Lipinski definition) is 2. The Morgan fingerprint density at radius 3 is 2.41 bits per heavy atom. The fraction of sp³-hybridized carbons (Fsp3) is 0.286. The van der Waals surface area contributed by atoms with Gasteiger partial charge in [-0.1, -0.05) is 37.5 Å². The molecule has 0 spiro atoms. The van der Waals surface area contributed by atoms with E-state index in [-0.39, 0.29) is 11.7 Å². The molecule has 0 heterocycles. The van der Waals surface area contributed by atoms with Gasteiger partial charge in [0.05, 0.1) is 0 Å². The van der Waals surface area contributed by atoms with Crippen LogP contribution in [0.15, 0.2) is 49.1 Å². The van der Waals surface area contributed by atoms with E-state index in [0.717, 1.165) is 5.57 Å². The highest BCUT2D eigenvalue weighted by atomic mass is 16.1. The molecule has 0 saturated carbocycles. The predicted molar refractivity (Wildman–Crippen MR) is 70.5 cm³/mol. The van der Waals surface area contributed by atoms with Gasteiger partial charge in [0, 0.05) is 19.9 Å². The highest BCUT2D eigenvalue weighted by Gasteiger charge is 2.00. The van der Waals surface area contributed by atoms with Crippen LogP contribution in [0.1, 0.15) is 19.3 Å². The number of nitrogens with one attached hydrogen (secondary N) is 1. The molecule has 0 saturated heterocycles. The Hall–Kier alpha value is -1.90. The topological polar surface area (TPSA) is 46.2 Å². The van der Waals surface area contributed by atoms with Crippen LogP contribution in [-0.2, 0) is 9.59 Å². The van der Waals surface area contributed by atoms with E-state index in [9.17, 15) is 9.59 Å². The van der Waals surface area contributed by atoms with E-state index < -0.39 is 0 Å². The second-order valence-corrected chi connectivity index (χ2v) is 3.43. The number of rotatable bonds is 8. The standard InChI is InChI=1S/C14H19NO2/c1-4-7-12(5-2)10-11-13(16)8-6-9-14(17)15-3/h4-5,7,10-11H,1-2,6,8-9H2,3H3,(H,15,17)/b11-10+,12-7+. The third-order valence-corrected chi connectivity index (χ3v) is 2.11. The minimum Gasteiger partial charge on any atom is -0.359 e. The quantitative estimate of drug-likeness (QED) is 0.516. The van der Waals surface area contributed by atoms with E-state index in [1.165, 1.54) is 6.08 Å². The lowest BCUT2D eigenvalue weighted by Gasteiger charge is -1.97. The SMILES string of the molecule is C=C/C=C(C=C)/C=C/C(=O)CCCC(=O)NC. The number of allylic oxidation sites excluding steroid dienone is 6. The molecular formula is C14H19NO2. The molecular weight excluding hydrogens is 214 g/mol. The van der Waals surface area contributed by atoms with Crippen molar-refractivity contribution >= 4 is 11.7 Å². The van der Waals surface area contributed by atoms with E-state index in [0.29, 0.717) is 19.3 Å². The molecule has 1 N–H and O–H groups in total. The molecule has 0 rings (SSSR count). The summed E-state index contributed by atoms with van der Waals surface area (Å²) >= 11 is 0. The summed E-state index contributed by atoms with van der Waals surface area (Å²) in [7, 11) is 1.58. The van der Waals surface area contributed by atoms with Crippen LogP contribution in [0.2, 0.25) is 0 Å². The van der Waals surface area contributed by atoms with E-state index in [2.05, 4.69) is 18.5 Å². The summed E-state index contributed by atoms with van der Waals surface area (Å²) in [6.07, 6.45) is 9.57. The summed E-state index contributed by atoms with van der Waals surface area (Å²) in [5.41, 5.74) is 0.833. The predicted octanol–water partition coefficient (Wildman–Crippen LogP) is 2.33. The van der Waals surface area contributed by atoms with Crippen molar-refractivity contribution in [1.82, 2.24) is 5.32 Å². The third-order valence-electron chi connectivity index (χ3n) is 2.11. The van der Waals surface area contributed by atoms with E-state index in [4.69, 9.17) is 0 Å². The van der Waals surface area contributed by atoms with Crippen molar-refractivity contribution in [1.29, 1.82) is 0 Å². The van der Waals surface area contributed by atoms with Gasteiger partial charge in [0.25, 0.3) is 0 Å². The van der Waals surface area contributed by atoms with Crippen molar-refractivity contribution in [2.75, 3.05) is 7.05 Å². The van der Waals surface area contributed by atoms with Crippen molar-refractivity contribution in [3.8, 4) is 0 Å². The van der Waals surface area contributed by atoms with Crippen LogP contribution < -0.4 is 5.32 Å². The molecule has 0 aliphatic carbocycles. The largest absolute Gasteiger partial charge is 0.359 e. The van der Waals surface area contributed by atoms with Gasteiger partial charge in [-0.25, -0.2) is 0 Å². The number of ketones is 1. The molecule has 0 aliphatic rings. The Balaban J connectivity index is 4.05. The molecule has 0 aliphatic heterocycles. The van der Waals surface area contributed by atoms with Gasteiger partial charge in [-0.05, 0) is 18.1 Å². The number of hydrogen-bond donors (Lipinski definition) is 1. The van der Waals surface area contributed by atoms with E-state index in [1.54, 1.807) is 31.4 Å². The summed E-state index contributed by atoms with van der Waals surface area (Å²) in [6.45, 7) is 7.19. The van der Waals surface area contributed by atoms with Crippen molar-refractivity contribution in [3.63, 3.8) is 0 Å². The van der Waals surface area contributed by atoms with Gasteiger partial charge in [0.15, 0.2) is 5.78 Å². The van der Waals surface area contributed by atoms with E-state index >= 15 is 0 Å². The van der Waals surface area contributed by atoms with Crippen molar-refractivity contribution in [3.05, 3.63) is 49.1 Å². The Labute approximate surface area is 103 Å². The summed E-state index contributed by atoms with van der Waals surface area (Å²) in [6, 6.07) is 0. The fourth-order valence-corrected chi connectivity index (χ4v) is 1.15. The van der Waals surface area contributed by atoms with Gasteiger partial charge in [-0.3, -0.25) is 9.59 Å². The molecule has 0 unspecified atom stereocenters. The lowest BCUT2D eigenvalue weighted by molar-refractivity contribution is -0.120. The molecule has 17 heavy (non-hydrogen) atoms. The van der Waals surface area contributed by atoms with Crippen molar-refractivity contribution < 1.29 is 9.59 Å². The average Bonchev–Trinajstić information content (AvgIpc) is 2.34. The third kappa shape index (κ3) is 7.96. The molecule has 3 nitrogen and oxygen atoms in total. The first-order chi connectivity index (χ1) is 8.13. The smallest absolute Gasteiger partial charge is 0.219 e. The van der Waals surface area contributed by atoms with Crippen LogP contribution >= 0.6 is 0 Å². The molecule has 0 aromatic heterocycles. The van der Waals surface area contributed by atoms with Gasteiger partial charge in [-0.2, -0.15) is 0 Å². The first-order valence-electron chi connectivity index (χ1n) is 5.50. The average molecular weight is 233 g/mol. The lowest BCUT2D eigenvalue weighted by atomic mass is 10.1. The van der Waals surface area contributed by atoms with Gasteiger partial charge >= 0.3 is 0 Å². The minimum atomic E-state index is -0.0416. The van der Waals surface area contributed by atoms with Gasteiger partial charge < -0.3 is 5.32 Å². The fourth-order valence-electron chi connectivity index (χ4n) is 1.15. The maximum absolute atomic E-state index is 11.4. The van der Waals surface area contributed by atoms with Crippen LogP contribution in [-0.4, -0.2) is 18.7 Å². The minimum absolute atomic E-state index is 0.00529. The normalized spacial score (nSPS) is 11.2. The van der Waals surface area contributed by atoms with E-state index in [1.807, 2.05) is 0 Å². The Morgan fingerprint density at radius 2 is 1.88 bits per heavy atom. The van der Waals surface area contributed by atoms with Crippen LogP contribution in [0.3, 0.4) is 0 Å². The lowest BCUT2D eigenvalue weighted by Crippen LogP contribution is -2.17. The number of carbonyl (C=O) groups excluding carboxylic acids is 2. The first-order valence-corrected chi connectivity index (χ1v) is 5.50. The van der Waals surface area contributed by atoms with Crippen LogP contribution in [0.25, 0.3) is 0 Å². The maximum atomic E-state index is 11.4. The van der Waals surface area contributed by atoms with Crippen molar-refractivity contribution in [2.24, 2.45) is 0 Å². The number of amides is 1. The number of carbonyl (C=O) groups is 2. The Morgan fingerprint density at radius 1 is 1.18 bits per heavy atom. The second kappa shape index (κ2) is 9.33.